The third-order valence-electron chi connectivity index (χ3n) is 2.19. The van der Waals surface area contributed by atoms with E-state index in [1.807, 2.05) is 6.92 Å². The highest BCUT2D eigenvalue weighted by atomic mass is 79.9. The molecule has 1 aromatic carbocycles. The van der Waals surface area contributed by atoms with Gasteiger partial charge in [-0.05, 0) is 24.6 Å². The van der Waals surface area contributed by atoms with E-state index in [0.717, 1.165) is 5.56 Å². The zero-order valence-corrected chi connectivity index (χ0v) is 12.6. The summed E-state index contributed by atoms with van der Waals surface area (Å²) in [4.78, 5) is 11.1. The van der Waals surface area contributed by atoms with Gasteiger partial charge in [0.05, 0.1) is 24.1 Å². The zero-order valence-electron chi connectivity index (χ0n) is 10.3. The van der Waals surface area contributed by atoms with Crippen LogP contribution in [0, 0.1) is 0 Å². The molecule has 1 rings (SSSR count). The number of carbonyl (C=O) groups excluding carboxylic acids is 1. The number of alkyl halides is 1. The van der Waals surface area contributed by atoms with Crippen LogP contribution < -0.4 is 14.8 Å². The lowest BCUT2D eigenvalue weighted by Gasteiger charge is -2.13. The molecule has 100 valence electrons. The summed E-state index contributed by atoms with van der Waals surface area (Å²) in [5.41, 5.74) is 0.856. The molecule has 0 radical (unpaired) electrons. The van der Waals surface area contributed by atoms with Gasteiger partial charge in [0.25, 0.3) is 0 Å². The third-order valence-corrected chi connectivity index (χ3v) is 2.98. The molecule has 0 atom stereocenters. The molecule has 0 unspecified atom stereocenters. The molecule has 0 aliphatic carbocycles. The van der Waals surface area contributed by atoms with Crippen molar-refractivity contribution in [1.29, 1.82) is 0 Å². The molecule has 1 aromatic rings. The molecule has 1 N–H and O–H groups in total. The fourth-order valence-corrected chi connectivity index (χ4v) is 1.89. The summed E-state index contributed by atoms with van der Waals surface area (Å²) in [5, 5.41) is 3.48. The van der Waals surface area contributed by atoms with Crippen LogP contribution in [0.5, 0.6) is 11.5 Å². The van der Waals surface area contributed by atoms with Crippen molar-refractivity contribution in [2.45, 2.75) is 13.5 Å². The maximum absolute atomic E-state index is 11.1. The molecular weight excluding hydrogens is 321 g/mol. The Labute approximate surface area is 120 Å². The van der Waals surface area contributed by atoms with Gasteiger partial charge >= 0.3 is 0 Å². The second-order valence-electron chi connectivity index (χ2n) is 3.45. The Bertz CT molecular complexity index is 426. The van der Waals surface area contributed by atoms with Crippen LogP contribution in [0.2, 0.25) is 5.02 Å². The maximum Gasteiger partial charge on any atom is 0.230 e. The number of rotatable bonds is 6. The first-order valence-electron chi connectivity index (χ1n) is 5.44. The van der Waals surface area contributed by atoms with Gasteiger partial charge in [0.2, 0.25) is 5.91 Å². The van der Waals surface area contributed by atoms with Crippen LogP contribution in [-0.4, -0.2) is 25.0 Å². The van der Waals surface area contributed by atoms with E-state index in [0.29, 0.717) is 29.7 Å². The van der Waals surface area contributed by atoms with Gasteiger partial charge in [-0.15, -0.1) is 0 Å². The van der Waals surface area contributed by atoms with Gasteiger partial charge in [0.1, 0.15) is 0 Å². The van der Waals surface area contributed by atoms with Crippen LogP contribution in [0.3, 0.4) is 0 Å². The van der Waals surface area contributed by atoms with Crippen molar-refractivity contribution in [2.24, 2.45) is 0 Å². The molecule has 4 nitrogen and oxygen atoms in total. The van der Waals surface area contributed by atoms with E-state index in [-0.39, 0.29) is 11.2 Å². The lowest BCUT2D eigenvalue weighted by molar-refractivity contribution is -0.118. The Morgan fingerprint density at radius 2 is 2.22 bits per heavy atom. The fraction of sp³-hybridized carbons (Fsp3) is 0.417. The molecule has 0 saturated carbocycles. The van der Waals surface area contributed by atoms with Gasteiger partial charge in [-0.1, -0.05) is 27.5 Å². The summed E-state index contributed by atoms with van der Waals surface area (Å²) in [6.07, 6.45) is 0. The second-order valence-corrected chi connectivity index (χ2v) is 4.42. The normalized spacial score (nSPS) is 10.0. The number of hydrogen-bond donors (Lipinski definition) is 1. The van der Waals surface area contributed by atoms with Crippen LogP contribution in [0.1, 0.15) is 12.5 Å². The zero-order chi connectivity index (χ0) is 13.5. The molecule has 0 saturated heterocycles. The van der Waals surface area contributed by atoms with E-state index in [4.69, 9.17) is 21.1 Å². The number of hydrogen-bond acceptors (Lipinski definition) is 3. The third kappa shape index (κ3) is 4.07. The summed E-state index contributed by atoms with van der Waals surface area (Å²) in [5.74, 6) is 1.00. The Balaban J connectivity index is 2.88. The monoisotopic (exact) mass is 335 g/mol. The van der Waals surface area contributed by atoms with Gasteiger partial charge in [-0.25, -0.2) is 0 Å². The second kappa shape index (κ2) is 7.48. The first-order chi connectivity index (χ1) is 8.62. The minimum Gasteiger partial charge on any atom is -0.493 e. The first-order valence-corrected chi connectivity index (χ1v) is 6.94. The summed E-state index contributed by atoms with van der Waals surface area (Å²) in [7, 11) is 1.55. The van der Waals surface area contributed by atoms with Crippen molar-refractivity contribution in [3.63, 3.8) is 0 Å². The van der Waals surface area contributed by atoms with Gasteiger partial charge in [0, 0.05) is 6.54 Å². The average Bonchev–Trinajstić information content (AvgIpc) is 2.38. The molecule has 0 heterocycles. The van der Waals surface area contributed by atoms with E-state index in [1.165, 1.54) is 0 Å². The highest BCUT2D eigenvalue weighted by Crippen LogP contribution is 2.36. The quantitative estimate of drug-likeness (QED) is 0.813. The van der Waals surface area contributed by atoms with Crippen LogP contribution in [0.4, 0.5) is 0 Å². The van der Waals surface area contributed by atoms with Crippen molar-refractivity contribution < 1.29 is 14.3 Å². The molecule has 0 spiro atoms. The summed E-state index contributed by atoms with van der Waals surface area (Å²) < 4.78 is 10.6. The molecular formula is C12H15BrClNO3. The number of amides is 1. The Morgan fingerprint density at radius 3 is 2.78 bits per heavy atom. The van der Waals surface area contributed by atoms with Crippen LogP contribution in [0.25, 0.3) is 0 Å². The summed E-state index contributed by atoms with van der Waals surface area (Å²) in [6.45, 7) is 2.78. The van der Waals surface area contributed by atoms with Crippen molar-refractivity contribution in [1.82, 2.24) is 5.32 Å². The predicted molar refractivity (Wildman–Crippen MR) is 74.8 cm³/mol. The van der Waals surface area contributed by atoms with Crippen LogP contribution in [0.15, 0.2) is 12.1 Å². The number of carbonyl (C=O) groups is 1. The van der Waals surface area contributed by atoms with Crippen molar-refractivity contribution in [2.75, 3.05) is 19.0 Å². The Hall–Kier alpha value is -0.940. The molecule has 0 aromatic heterocycles. The summed E-state index contributed by atoms with van der Waals surface area (Å²) in [6, 6.07) is 3.55. The van der Waals surface area contributed by atoms with E-state index in [9.17, 15) is 4.79 Å². The van der Waals surface area contributed by atoms with Gasteiger partial charge < -0.3 is 14.8 Å². The van der Waals surface area contributed by atoms with Crippen LogP contribution >= 0.6 is 27.5 Å². The largest absolute Gasteiger partial charge is 0.493 e. The van der Waals surface area contributed by atoms with E-state index in [2.05, 4.69) is 21.2 Å². The fourth-order valence-electron chi connectivity index (χ4n) is 1.41. The average molecular weight is 337 g/mol. The SMILES string of the molecule is CCOc1c(Cl)cc(CNC(=O)CBr)cc1OC. The molecule has 0 aliphatic heterocycles. The topological polar surface area (TPSA) is 47.6 Å². The summed E-state index contributed by atoms with van der Waals surface area (Å²) >= 11 is 9.19. The number of ether oxygens (including phenoxy) is 2. The number of benzene rings is 1. The highest BCUT2D eigenvalue weighted by Gasteiger charge is 2.11. The molecule has 6 heteroatoms. The first kappa shape index (κ1) is 15.1. The Morgan fingerprint density at radius 1 is 1.50 bits per heavy atom. The van der Waals surface area contributed by atoms with Gasteiger partial charge in [0.15, 0.2) is 11.5 Å². The smallest absolute Gasteiger partial charge is 0.230 e. The number of nitrogens with one attached hydrogen (secondary N) is 1. The number of methoxy groups -OCH3 is 1. The Kier molecular flexibility index (Phi) is 6.29. The van der Waals surface area contributed by atoms with Gasteiger partial charge in [-0.3, -0.25) is 4.79 Å². The number of halogens is 2. The predicted octanol–water partition coefficient (Wildman–Crippen LogP) is 2.76. The standard InChI is InChI=1S/C12H15BrClNO3/c1-3-18-12-9(14)4-8(5-10(12)17-2)7-15-11(16)6-13/h4-5H,3,6-7H2,1-2H3,(H,15,16). The lowest BCUT2D eigenvalue weighted by atomic mass is 10.2. The minimum absolute atomic E-state index is 0.0843. The van der Waals surface area contributed by atoms with Crippen molar-refractivity contribution in [3.8, 4) is 11.5 Å². The molecule has 1 amide bonds. The van der Waals surface area contributed by atoms with E-state index >= 15 is 0 Å². The van der Waals surface area contributed by atoms with Crippen molar-refractivity contribution in [3.05, 3.63) is 22.7 Å². The van der Waals surface area contributed by atoms with Crippen LogP contribution in [-0.2, 0) is 11.3 Å². The molecule has 0 aliphatic rings. The maximum atomic E-state index is 11.1. The molecule has 0 fully saturated rings. The highest BCUT2D eigenvalue weighted by molar-refractivity contribution is 9.09. The van der Waals surface area contributed by atoms with Crippen molar-refractivity contribution >= 4 is 33.4 Å². The van der Waals surface area contributed by atoms with E-state index < -0.39 is 0 Å². The molecule has 18 heavy (non-hydrogen) atoms. The molecule has 0 bridgehead atoms. The minimum atomic E-state index is -0.0843. The van der Waals surface area contributed by atoms with E-state index in [1.54, 1.807) is 19.2 Å². The van der Waals surface area contributed by atoms with Gasteiger partial charge in [-0.2, -0.15) is 0 Å². The lowest BCUT2D eigenvalue weighted by Crippen LogP contribution is -2.23.